The fourth-order valence-electron chi connectivity index (χ4n) is 4.73. The minimum Gasteiger partial charge on any atom is -0.444 e. The topological polar surface area (TPSA) is 113 Å². The lowest BCUT2D eigenvalue weighted by Gasteiger charge is -2.35. The van der Waals surface area contributed by atoms with Crippen LogP contribution < -0.4 is 15.5 Å². The zero-order valence-electron chi connectivity index (χ0n) is 23.0. The van der Waals surface area contributed by atoms with Gasteiger partial charge in [-0.2, -0.15) is 0 Å². The molecular formula is C29H33N5O5S. The summed E-state index contributed by atoms with van der Waals surface area (Å²) < 4.78 is 11.2. The highest BCUT2D eigenvalue weighted by Crippen LogP contribution is 2.35. The van der Waals surface area contributed by atoms with Crippen LogP contribution in [0.15, 0.2) is 54.0 Å². The van der Waals surface area contributed by atoms with Crippen LogP contribution in [0.3, 0.4) is 0 Å². The molecule has 2 fully saturated rings. The Morgan fingerprint density at radius 1 is 1.07 bits per heavy atom. The predicted octanol–water partition coefficient (Wildman–Crippen LogP) is 5.83. The van der Waals surface area contributed by atoms with E-state index in [2.05, 4.69) is 27.6 Å². The number of ether oxygens (including phenoxy) is 2. The van der Waals surface area contributed by atoms with Crippen molar-refractivity contribution in [1.29, 1.82) is 0 Å². The van der Waals surface area contributed by atoms with Gasteiger partial charge in [0.2, 0.25) is 0 Å². The van der Waals surface area contributed by atoms with E-state index in [1.54, 1.807) is 56.4 Å². The molecule has 0 atom stereocenters. The second-order valence-electron chi connectivity index (χ2n) is 11.2. The lowest BCUT2D eigenvalue weighted by Crippen LogP contribution is -2.45. The minimum atomic E-state index is -0.674. The van der Waals surface area contributed by atoms with Crippen LogP contribution in [0.1, 0.15) is 44.0 Å². The maximum absolute atomic E-state index is 13.2. The molecule has 2 N–H and O–H groups in total. The smallest absolute Gasteiger partial charge is 0.416 e. The van der Waals surface area contributed by atoms with Crippen molar-refractivity contribution in [3.05, 3.63) is 59.6 Å². The summed E-state index contributed by atoms with van der Waals surface area (Å²) in [5.74, 6) is 0.0229. The third kappa shape index (κ3) is 6.26. The summed E-state index contributed by atoms with van der Waals surface area (Å²) in [5.41, 5.74) is 0.840. The third-order valence-electron chi connectivity index (χ3n) is 6.86. The number of hydrogen-bond donors (Lipinski definition) is 2. The number of carbonyl (C=O) groups is 3. The first-order valence-corrected chi connectivity index (χ1v) is 14.0. The Hall–Kier alpha value is -3.96. The average molecular weight is 564 g/mol. The molecule has 3 aromatic rings. The molecule has 3 amide bonds. The van der Waals surface area contributed by atoms with E-state index in [1.807, 2.05) is 23.6 Å². The number of carbonyl (C=O) groups excluding carboxylic acids is 3. The van der Waals surface area contributed by atoms with E-state index in [-0.39, 0.29) is 0 Å². The van der Waals surface area contributed by atoms with Crippen LogP contribution in [0.4, 0.5) is 26.8 Å². The van der Waals surface area contributed by atoms with E-state index in [4.69, 9.17) is 9.47 Å². The Morgan fingerprint density at radius 2 is 1.85 bits per heavy atom. The van der Waals surface area contributed by atoms with Gasteiger partial charge in [-0.1, -0.05) is 12.1 Å². The number of amides is 3. The molecule has 1 spiro atoms. The quantitative estimate of drug-likeness (QED) is 0.402. The molecule has 2 aromatic heterocycles. The Labute approximate surface area is 237 Å². The van der Waals surface area contributed by atoms with Gasteiger partial charge in [-0.15, -0.1) is 11.3 Å². The molecule has 0 bridgehead atoms. The van der Waals surface area contributed by atoms with Crippen molar-refractivity contribution in [1.82, 2.24) is 9.88 Å². The molecule has 1 aromatic carbocycles. The first kappa shape index (κ1) is 27.6. The van der Waals surface area contributed by atoms with E-state index in [1.165, 1.54) is 11.1 Å². The number of piperidine rings is 1. The molecule has 210 valence electrons. The van der Waals surface area contributed by atoms with Crippen molar-refractivity contribution in [2.75, 3.05) is 42.2 Å². The number of nitrogens with one attached hydrogen (secondary N) is 2. The van der Waals surface area contributed by atoms with Crippen LogP contribution in [0.5, 0.6) is 0 Å². The Kier molecular flexibility index (Phi) is 7.52. The van der Waals surface area contributed by atoms with Crippen LogP contribution in [-0.2, 0) is 9.47 Å². The summed E-state index contributed by atoms with van der Waals surface area (Å²) >= 11 is 1.57. The fourth-order valence-corrected chi connectivity index (χ4v) is 5.45. The monoisotopic (exact) mass is 563 g/mol. The number of nitrogens with zero attached hydrogens (tertiary/aromatic N) is 3. The Morgan fingerprint density at radius 3 is 2.50 bits per heavy atom. The van der Waals surface area contributed by atoms with Crippen LogP contribution in [0.2, 0.25) is 0 Å². The van der Waals surface area contributed by atoms with E-state index in [9.17, 15) is 14.4 Å². The van der Waals surface area contributed by atoms with Gasteiger partial charge in [0, 0.05) is 37.0 Å². The van der Waals surface area contributed by atoms with Gasteiger partial charge >= 0.3 is 12.2 Å². The largest absolute Gasteiger partial charge is 0.444 e. The number of rotatable bonds is 5. The van der Waals surface area contributed by atoms with Crippen LogP contribution in [-0.4, -0.2) is 65.9 Å². The SMILES string of the molecule is CN1CCC2(CC1)CN(c1ccc(C(=O)Nc3cc(-c4cccs4)ccc3NC(=O)OC(C)(C)C)cn1)C(=O)O2. The van der Waals surface area contributed by atoms with Crippen molar-refractivity contribution in [2.45, 2.75) is 44.8 Å². The average Bonchev–Trinajstić information content (AvgIpc) is 3.55. The molecule has 10 nitrogen and oxygen atoms in total. The van der Waals surface area contributed by atoms with Crippen molar-refractivity contribution in [3.8, 4) is 10.4 Å². The lowest BCUT2D eigenvalue weighted by atomic mass is 9.91. The maximum atomic E-state index is 13.2. The first-order valence-electron chi connectivity index (χ1n) is 13.1. The summed E-state index contributed by atoms with van der Waals surface area (Å²) in [7, 11) is 2.06. The number of thiophene rings is 1. The van der Waals surface area contributed by atoms with Gasteiger partial charge in [0.1, 0.15) is 17.0 Å². The highest BCUT2D eigenvalue weighted by Gasteiger charge is 2.47. The number of anilines is 3. The third-order valence-corrected chi connectivity index (χ3v) is 7.78. The highest BCUT2D eigenvalue weighted by atomic mass is 32.1. The number of pyridine rings is 1. The van der Waals surface area contributed by atoms with Gasteiger partial charge in [0.05, 0.1) is 23.5 Å². The Bertz CT molecular complexity index is 1390. The fraction of sp³-hybridized carbons (Fsp3) is 0.379. The summed E-state index contributed by atoms with van der Waals surface area (Å²) in [6.07, 6.45) is 1.93. The van der Waals surface area contributed by atoms with Crippen molar-refractivity contribution < 1.29 is 23.9 Å². The van der Waals surface area contributed by atoms with E-state index in [0.717, 1.165) is 36.4 Å². The number of benzene rings is 1. The standard InChI is InChI=1S/C29H33N5O5S/c1-28(2,3)38-26(36)32-21-9-7-19(23-6-5-15-40-23)16-22(21)31-25(35)20-8-10-24(30-17-20)34-18-29(39-27(34)37)11-13-33(4)14-12-29/h5-10,15-17H,11-14,18H2,1-4H3,(H,31,35)(H,32,36). The second-order valence-corrected chi connectivity index (χ2v) is 12.1. The summed E-state index contributed by atoms with van der Waals surface area (Å²) in [5, 5.41) is 7.59. The molecule has 0 aliphatic carbocycles. The van der Waals surface area contributed by atoms with Crippen LogP contribution >= 0.6 is 11.3 Å². The van der Waals surface area contributed by atoms with Crippen molar-refractivity contribution in [3.63, 3.8) is 0 Å². The molecule has 0 unspecified atom stereocenters. The molecule has 0 radical (unpaired) electrons. The van der Waals surface area contributed by atoms with Crippen molar-refractivity contribution in [2.24, 2.45) is 0 Å². The summed E-state index contributed by atoms with van der Waals surface area (Å²) in [6.45, 7) is 7.51. The molecule has 40 heavy (non-hydrogen) atoms. The molecule has 11 heteroatoms. The van der Waals surface area contributed by atoms with Gasteiger partial charge in [0.25, 0.3) is 5.91 Å². The minimum absolute atomic E-state index is 0.301. The second kappa shape index (κ2) is 10.9. The summed E-state index contributed by atoms with van der Waals surface area (Å²) in [6, 6.07) is 12.6. The van der Waals surface area contributed by atoms with Gasteiger partial charge in [0.15, 0.2) is 0 Å². The normalized spacial score (nSPS) is 17.0. The first-order chi connectivity index (χ1) is 19.0. The molecule has 2 aliphatic rings. The summed E-state index contributed by atoms with van der Waals surface area (Å²) in [4.78, 5) is 47.5. The van der Waals surface area contributed by atoms with Gasteiger partial charge in [-0.05, 0) is 69.1 Å². The van der Waals surface area contributed by atoms with Gasteiger partial charge in [-0.25, -0.2) is 14.6 Å². The predicted molar refractivity (Wildman–Crippen MR) is 155 cm³/mol. The number of hydrogen-bond acceptors (Lipinski definition) is 8. The molecular weight excluding hydrogens is 530 g/mol. The molecule has 0 saturated carbocycles. The van der Waals surface area contributed by atoms with E-state index >= 15 is 0 Å². The maximum Gasteiger partial charge on any atom is 0.416 e. The van der Waals surface area contributed by atoms with Gasteiger partial charge in [-0.3, -0.25) is 15.0 Å². The zero-order chi connectivity index (χ0) is 28.5. The number of aromatic nitrogens is 1. The molecule has 5 rings (SSSR count). The zero-order valence-corrected chi connectivity index (χ0v) is 23.8. The van der Waals surface area contributed by atoms with E-state index in [0.29, 0.717) is 29.3 Å². The van der Waals surface area contributed by atoms with Crippen LogP contribution in [0.25, 0.3) is 10.4 Å². The van der Waals surface area contributed by atoms with Crippen molar-refractivity contribution >= 4 is 46.6 Å². The van der Waals surface area contributed by atoms with Gasteiger partial charge < -0.3 is 19.7 Å². The van der Waals surface area contributed by atoms with Crippen LogP contribution in [0, 0.1) is 0 Å². The van der Waals surface area contributed by atoms with E-state index < -0.39 is 29.3 Å². The molecule has 4 heterocycles. The Balaban J connectivity index is 1.32. The highest BCUT2D eigenvalue weighted by molar-refractivity contribution is 7.13. The lowest BCUT2D eigenvalue weighted by molar-refractivity contribution is 0.00676. The number of likely N-dealkylation sites (tertiary alicyclic amines) is 1. The molecule has 2 saturated heterocycles. The molecule has 2 aliphatic heterocycles.